The zero-order valence-electron chi connectivity index (χ0n) is 8.62. The van der Waals surface area contributed by atoms with Crippen molar-refractivity contribution in [3.63, 3.8) is 0 Å². The molecule has 0 unspecified atom stereocenters. The van der Waals surface area contributed by atoms with E-state index in [1.807, 2.05) is 6.92 Å². The van der Waals surface area contributed by atoms with Gasteiger partial charge < -0.3 is 4.90 Å². The fraction of sp³-hybridized carbons (Fsp3) is 0.333. The van der Waals surface area contributed by atoms with Crippen LogP contribution >= 0.6 is 0 Å². The van der Waals surface area contributed by atoms with E-state index in [0.29, 0.717) is 0 Å². The number of hydrogen-bond acceptors (Lipinski definition) is 1. The molecular formula is C12H17N. The van der Waals surface area contributed by atoms with Gasteiger partial charge in [0.15, 0.2) is 0 Å². The van der Waals surface area contributed by atoms with E-state index in [0.717, 1.165) is 6.54 Å². The van der Waals surface area contributed by atoms with Gasteiger partial charge >= 0.3 is 0 Å². The smallest absolute Gasteiger partial charge is 0.0233 e. The maximum absolute atomic E-state index is 2.18. The number of nitrogens with zero attached hydrogens (tertiary/aromatic N) is 1. The van der Waals surface area contributed by atoms with Gasteiger partial charge in [-0.15, -0.1) is 0 Å². The van der Waals surface area contributed by atoms with Crippen molar-refractivity contribution in [3.05, 3.63) is 41.5 Å². The Labute approximate surface area is 80.7 Å². The highest BCUT2D eigenvalue weighted by Crippen LogP contribution is 2.11. The molecule has 13 heavy (non-hydrogen) atoms. The van der Waals surface area contributed by atoms with Crippen LogP contribution in [0.15, 0.2) is 30.3 Å². The van der Waals surface area contributed by atoms with E-state index in [4.69, 9.17) is 0 Å². The lowest BCUT2D eigenvalue weighted by Crippen LogP contribution is -2.11. The summed E-state index contributed by atoms with van der Waals surface area (Å²) in [5, 5.41) is 0. The first-order chi connectivity index (χ1) is 6.24. The summed E-state index contributed by atoms with van der Waals surface area (Å²) in [7, 11) is 4.18. The zero-order chi connectivity index (χ0) is 9.68. The number of hydrogen-bond donors (Lipinski definition) is 0. The number of rotatable bonds is 3. The Morgan fingerprint density at radius 3 is 2.54 bits per heavy atom. The SMILES string of the molecule is C/C=C\c1ccccc1CN(C)C. The molecule has 70 valence electrons. The maximum atomic E-state index is 2.18. The van der Waals surface area contributed by atoms with Crippen LogP contribution in [0.1, 0.15) is 18.1 Å². The van der Waals surface area contributed by atoms with Crippen LogP contribution < -0.4 is 0 Å². The van der Waals surface area contributed by atoms with E-state index in [9.17, 15) is 0 Å². The molecule has 1 rings (SSSR count). The fourth-order valence-corrected chi connectivity index (χ4v) is 1.36. The molecule has 0 heterocycles. The second-order valence-electron chi connectivity index (χ2n) is 3.44. The van der Waals surface area contributed by atoms with Gasteiger partial charge in [-0.25, -0.2) is 0 Å². The first kappa shape index (κ1) is 10.0. The minimum absolute atomic E-state index is 1.00. The molecule has 0 amide bonds. The van der Waals surface area contributed by atoms with Gasteiger partial charge in [0.05, 0.1) is 0 Å². The highest BCUT2D eigenvalue weighted by Gasteiger charge is 1.98. The molecule has 1 heteroatoms. The largest absolute Gasteiger partial charge is 0.305 e. The Balaban J connectivity index is 2.90. The topological polar surface area (TPSA) is 3.24 Å². The van der Waals surface area contributed by atoms with Crippen molar-refractivity contribution < 1.29 is 0 Å². The predicted molar refractivity (Wildman–Crippen MR) is 58.5 cm³/mol. The molecule has 0 N–H and O–H groups in total. The highest BCUT2D eigenvalue weighted by molar-refractivity contribution is 5.53. The van der Waals surface area contributed by atoms with Crippen molar-refractivity contribution in [1.29, 1.82) is 0 Å². The Morgan fingerprint density at radius 2 is 1.92 bits per heavy atom. The third kappa shape index (κ3) is 3.03. The molecule has 1 aromatic rings. The normalized spacial score (nSPS) is 11.4. The van der Waals surface area contributed by atoms with Gasteiger partial charge in [0, 0.05) is 6.54 Å². The lowest BCUT2D eigenvalue weighted by atomic mass is 10.1. The highest BCUT2D eigenvalue weighted by atomic mass is 15.0. The van der Waals surface area contributed by atoms with Crippen LogP contribution in [0.2, 0.25) is 0 Å². The van der Waals surface area contributed by atoms with Crippen LogP contribution in [-0.4, -0.2) is 19.0 Å². The van der Waals surface area contributed by atoms with Crippen LogP contribution in [0.5, 0.6) is 0 Å². The lowest BCUT2D eigenvalue weighted by molar-refractivity contribution is 0.402. The monoisotopic (exact) mass is 175 g/mol. The van der Waals surface area contributed by atoms with Crippen molar-refractivity contribution in [2.45, 2.75) is 13.5 Å². The molecule has 0 aliphatic rings. The molecule has 1 nitrogen and oxygen atoms in total. The van der Waals surface area contributed by atoms with Gasteiger partial charge in [0.1, 0.15) is 0 Å². The molecule has 0 bridgehead atoms. The van der Waals surface area contributed by atoms with E-state index in [1.54, 1.807) is 0 Å². The van der Waals surface area contributed by atoms with Crippen molar-refractivity contribution >= 4 is 6.08 Å². The van der Waals surface area contributed by atoms with E-state index in [2.05, 4.69) is 55.4 Å². The summed E-state index contributed by atoms with van der Waals surface area (Å²) < 4.78 is 0. The van der Waals surface area contributed by atoms with Gasteiger partial charge in [-0.1, -0.05) is 36.4 Å². The zero-order valence-corrected chi connectivity index (χ0v) is 8.62. The summed E-state index contributed by atoms with van der Waals surface area (Å²) in [5.41, 5.74) is 2.70. The third-order valence-corrected chi connectivity index (χ3v) is 1.89. The summed E-state index contributed by atoms with van der Waals surface area (Å²) >= 11 is 0. The molecule has 0 fully saturated rings. The summed E-state index contributed by atoms with van der Waals surface area (Å²) in [5.74, 6) is 0. The summed E-state index contributed by atoms with van der Waals surface area (Å²) in [6.45, 7) is 3.05. The van der Waals surface area contributed by atoms with E-state index in [-0.39, 0.29) is 0 Å². The summed E-state index contributed by atoms with van der Waals surface area (Å²) in [6.07, 6.45) is 4.23. The van der Waals surface area contributed by atoms with Gasteiger partial charge in [0.25, 0.3) is 0 Å². The molecule has 0 spiro atoms. The van der Waals surface area contributed by atoms with E-state index >= 15 is 0 Å². The minimum atomic E-state index is 1.00. The Kier molecular flexibility index (Phi) is 3.71. The third-order valence-electron chi connectivity index (χ3n) is 1.89. The standard InChI is InChI=1S/C12H17N/c1-4-7-11-8-5-6-9-12(11)10-13(2)3/h4-9H,10H2,1-3H3/b7-4-. The van der Waals surface area contributed by atoms with Gasteiger partial charge in [-0.05, 0) is 32.1 Å². The molecule has 0 aliphatic heterocycles. The second-order valence-corrected chi connectivity index (χ2v) is 3.44. The number of allylic oxidation sites excluding steroid dienone is 1. The Morgan fingerprint density at radius 1 is 1.23 bits per heavy atom. The first-order valence-electron chi connectivity index (χ1n) is 4.59. The number of benzene rings is 1. The van der Waals surface area contributed by atoms with Crippen molar-refractivity contribution in [2.75, 3.05) is 14.1 Å². The Hall–Kier alpha value is -1.08. The quantitative estimate of drug-likeness (QED) is 0.682. The molecule has 0 radical (unpaired) electrons. The minimum Gasteiger partial charge on any atom is -0.305 e. The summed E-state index contributed by atoms with van der Waals surface area (Å²) in [6, 6.07) is 8.49. The fourth-order valence-electron chi connectivity index (χ4n) is 1.36. The lowest BCUT2D eigenvalue weighted by Gasteiger charge is -2.11. The molecule has 1 aromatic carbocycles. The van der Waals surface area contributed by atoms with E-state index < -0.39 is 0 Å². The van der Waals surface area contributed by atoms with Crippen LogP contribution in [0.25, 0.3) is 6.08 Å². The van der Waals surface area contributed by atoms with Gasteiger partial charge in [-0.2, -0.15) is 0 Å². The molecule has 0 saturated carbocycles. The van der Waals surface area contributed by atoms with Gasteiger partial charge in [0.2, 0.25) is 0 Å². The van der Waals surface area contributed by atoms with Crippen LogP contribution in [0, 0.1) is 0 Å². The first-order valence-corrected chi connectivity index (χ1v) is 4.59. The van der Waals surface area contributed by atoms with Crippen LogP contribution in [-0.2, 0) is 6.54 Å². The van der Waals surface area contributed by atoms with Crippen molar-refractivity contribution in [1.82, 2.24) is 4.90 Å². The molecular weight excluding hydrogens is 158 g/mol. The van der Waals surface area contributed by atoms with Crippen molar-refractivity contribution in [3.8, 4) is 0 Å². The maximum Gasteiger partial charge on any atom is 0.0233 e. The van der Waals surface area contributed by atoms with Crippen LogP contribution in [0.3, 0.4) is 0 Å². The van der Waals surface area contributed by atoms with E-state index in [1.165, 1.54) is 11.1 Å². The molecule has 0 aromatic heterocycles. The second kappa shape index (κ2) is 4.83. The van der Waals surface area contributed by atoms with Crippen molar-refractivity contribution in [2.24, 2.45) is 0 Å². The average Bonchev–Trinajstić information content (AvgIpc) is 2.08. The average molecular weight is 175 g/mol. The molecule has 0 saturated heterocycles. The predicted octanol–water partition coefficient (Wildman–Crippen LogP) is 2.78. The molecule has 0 atom stereocenters. The Bertz CT molecular complexity index is 287. The van der Waals surface area contributed by atoms with Crippen LogP contribution in [0.4, 0.5) is 0 Å². The molecule has 0 aliphatic carbocycles. The summed E-state index contributed by atoms with van der Waals surface area (Å²) in [4.78, 5) is 2.18. The van der Waals surface area contributed by atoms with Gasteiger partial charge in [-0.3, -0.25) is 0 Å².